The molecule has 0 amide bonds. The normalized spacial score (nSPS) is 10.7. The van der Waals surface area contributed by atoms with Gasteiger partial charge in [-0.05, 0) is 24.3 Å². The van der Waals surface area contributed by atoms with Gasteiger partial charge in [0.05, 0.1) is 22.8 Å². The second kappa shape index (κ2) is 4.13. The molecule has 0 radical (unpaired) electrons. The summed E-state index contributed by atoms with van der Waals surface area (Å²) in [7, 11) is 0. The second-order valence-electron chi connectivity index (χ2n) is 4.12. The number of nitrogens with zero attached hydrogens (tertiary/aromatic N) is 2. The predicted molar refractivity (Wildman–Crippen MR) is 69.3 cm³/mol. The van der Waals surface area contributed by atoms with Gasteiger partial charge in [0.2, 0.25) is 0 Å². The minimum atomic E-state index is -1.00. The van der Waals surface area contributed by atoms with Crippen molar-refractivity contribution < 1.29 is 15.0 Å². The van der Waals surface area contributed by atoms with Crippen LogP contribution < -0.4 is 0 Å². The lowest BCUT2D eigenvalue weighted by atomic mass is 10.2. The Morgan fingerprint density at radius 3 is 2.68 bits per heavy atom. The standard InChI is InChI=1S/C14H10N2O3/c17-12-4-2-1-3-11(12)13-15-7-10-6-5-9(14(18)19)8-16(10)13/h1-8,17H,(H,18,19). The molecule has 2 N–H and O–H groups in total. The van der Waals surface area contributed by atoms with Gasteiger partial charge in [0, 0.05) is 6.20 Å². The van der Waals surface area contributed by atoms with E-state index in [0.717, 1.165) is 5.52 Å². The van der Waals surface area contributed by atoms with Crippen molar-refractivity contribution in [2.24, 2.45) is 0 Å². The van der Waals surface area contributed by atoms with Crippen LogP contribution in [0, 0.1) is 0 Å². The third-order valence-electron chi connectivity index (χ3n) is 2.92. The summed E-state index contributed by atoms with van der Waals surface area (Å²) in [5.41, 5.74) is 1.50. The zero-order chi connectivity index (χ0) is 13.4. The third kappa shape index (κ3) is 1.81. The highest BCUT2D eigenvalue weighted by Crippen LogP contribution is 2.28. The number of hydrogen-bond acceptors (Lipinski definition) is 3. The number of benzene rings is 1. The molecule has 2 aromatic heterocycles. The van der Waals surface area contributed by atoms with Crippen LogP contribution in [0.4, 0.5) is 0 Å². The molecular weight excluding hydrogens is 244 g/mol. The number of carboxylic acid groups (broad SMARTS) is 1. The minimum absolute atomic E-state index is 0.107. The van der Waals surface area contributed by atoms with Crippen LogP contribution in [-0.4, -0.2) is 25.6 Å². The number of aromatic nitrogens is 2. The first-order valence-corrected chi connectivity index (χ1v) is 5.65. The largest absolute Gasteiger partial charge is 0.507 e. The van der Waals surface area contributed by atoms with Gasteiger partial charge in [-0.15, -0.1) is 0 Å². The summed E-state index contributed by atoms with van der Waals surface area (Å²) in [5.74, 6) is -0.384. The quantitative estimate of drug-likeness (QED) is 0.736. The first kappa shape index (κ1) is 11.3. The first-order valence-electron chi connectivity index (χ1n) is 5.65. The number of pyridine rings is 1. The van der Waals surface area contributed by atoms with Crippen molar-refractivity contribution in [3.05, 3.63) is 54.4 Å². The van der Waals surface area contributed by atoms with Gasteiger partial charge in [-0.3, -0.25) is 4.40 Å². The van der Waals surface area contributed by atoms with Gasteiger partial charge >= 0.3 is 5.97 Å². The molecule has 0 fully saturated rings. The van der Waals surface area contributed by atoms with Crippen LogP contribution >= 0.6 is 0 Å². The van der Waals surface area contributed by atoms with Crippen LogP contribution in [0.25, 0.3) is 16.9 Å². The van der Waals surface area contributed by atoms with E-state index in [1.165, 1.54) is 12.3 Å². The van der Waals surface area contributed by atoms with Crippen molar-refractivity contribution in [3.63, 3.8) is 0 Å². The highest BCUT2D eigenvalue weighted by molar-refractivity contribution is 5.88. The molecule has 0 unspecified atom stereocenters. The van der Waals surface area contributed by atoms with Gasteiger partial charge in [-0.25, -0.2) is 9.78 Å². The van der Waals surface area contributed by atoms with E-state index in [4.69, 9.17) is 5.11 Å². The molecule has 0 bridgehead atoms. The SMILES string of the molecule is O=C(O)c1ccc2cnc(-c3ccccc3O)n2c1. The summed E-state index contributed by atoms with van der Waals surface area (Å²) in [6.07, 6.45) is 3.12. The van der Waals surface area contributed by atoms with Crippen LogP contribution in [0.1, 0.15) is 10.4 Å². The van der Waals surface area contributed by atoms with Gasteiger partial charge < -0.3 is 10.2 Å². The molecule has 1 aromatic carbocycles. The Morgan fingerprint density at radius 1 is 1.16 bits per heavy atom. The molecule has 0 aliphatic carbocycles. The summed E-state index contributed by atoms with van der Waals surface area (Å²) in [6.45, 7) is 0. The fraction of sp³-hybridized carbons (Fsp3) is 0. The van der Waals surface area contributed by atoms with Crippen molar-refractivity contribution in [2.45, 2.75) is 0 Å². The van der Waals surface area contributed by atoms with E-state index in [1.54, 1.807) is 40.9 Å². The molecule has 0 aliphatic heterocycles. The Labute approximate surface area is 108 Å². The molecule has 0 atom stereocenters. The number of aromatic carboxylic acids is 1. The molecule has 0 saturated carbocycles. The van der Waals surface area contributed by atoms with E-state index in [1.807, 2.05) is 0 Å². The zero-order valence-corrected chi connectivity index (χ0v) is 9.82. The summed E-state index contributed by atoms with van der Waals surface area (Å²) < 4.78 is 1.65. The topological polar surface area (TPSA) is 74.8 Å². The van der Waals surface area contributed by atoms with E-state index in [-0.39, 0.29) is 11.3 Å². The molecular formula is C14H10N2O3. The molecule has 3 aromatic rings. The van der Waals surface area contributed by atoms with Gasteiger partial charge in [0.1, 0.15) is 11.6 Å². The molecule has 19 heavy (non-hydrogen) atoms. The maximum Gasteiger partial charge on any atom is 0.337 e. The zero-order valence-electron chi connectivity index (χ0n) is 9.82. The number of imidazole rings is 1. The van der Waals surface area contributed by atoms with E-state index in [2.05, 4.69) is 4.98 Å². The van der Waals surface area contributed by atoms with Crippen LogP contribution in [0.5, 0.6) is 5.75 Å². The number of fused-ring (bicyclic) bond motifs is 1. The molecule has 0 aliphatic rings. The number of carboxylic acids is 1. The molecule has 94 valence electrons. The highest BCUT2D eigenvalue weighted by Gasteiger charge is 2.12. The second-order valence-corrected chi connectivity index (χ2v) is 4.12. The Morgan fingerprint density at radius 2 is 1.95 bits per heavy atom. The van der Waals surface area contributed by atoms with Crippen molar-refractivity contribution in [1.82, 2.24) is 9.38 Å². The maximum atomic E-state index is 11.0. The lowest BCUT2D eigenvalue weighted by Gasteiger charge is -2.04. The maximum absolute atomic E-state index is 11.0. The van der Waals surface area contributed by atoms with E-state index < -0.39 is 5.97 Å². The highest BCUT2D eigenvalue weighted by atomic mass is 16.4. The summed E-state index contributed by atoms with van der Waals surface area (Å²) in [6, 6.07) is 10.0. The minimum Gasteiger partial charge on any atom is -0.507 e. The molecule has 5 nitrogen and oxygen atoms in total. The number of phenolic OH excluding ortho intramolecular Hbond substituents is 1. The fourth-order valence-corrected chi connectivity index (χ4v) is 1.98. The van der Waals surface area contributed by atoms with Crippen LogP contribution in [0.15, 0.2) is 48.8 Å². The Kier molecular flexibility index (Phi) is 2.45. The average molecular weight is 254 g/mol. The summed E-state index contributed by atoms with van der Waals surface area (Å²) in [5, 5.41) is 18.9. The van der Waals surface area contributed by atoms with E-state index in [0.29, 0.717) is 11.4 Å². The molecule has 0 saturated heterocycles. The van der Waals surface area contributed by atoms with Crippen molar-refractivity contribution in [1.29, 1.82) is 0 Å². The van der Waals surface area contributed by atoms with Gasteiger partial charge in [0.15, 0.2) is 0 Å². The van der Waals surface area contributed by atoms with Crippen molar-refractivity contribution in [3.8, 4) is 17.1 Å². The van der Waals surface area contributed by atoms with Crippen LogP contribution in [-0.2, 0) is 0 Å². The van der Waals surface area contributed by atoms with Gasteiger partial charge in [0.25, 0.3) is 0 Å². The van der Waals surface area contributed by atoms with Gasteiger partial charge in [-0.1, -0.05) is 12.1 Å². The fourth-order valence-electron chi connectivity index (χ4n) is 1.98. The predicted octanol–water partition coefficient (Wildman–Crippen LogP) is 2.41. The summed E-state index contributed by atoms with van der Waals surface area (Å²) >= 11 is 0. The number of carbonyl (C=O) groups is 1. The molecule has 3 rings (SSSR count). The third-order valence-corrected chi connectivity index (χ3v) is 2.92. The Hall–Kier alpha value is -2.82. The van der Waals surface area contributed by atoms with Crippen molar-refractivity contribution >= 4 is 11.5 Å². The van der Waals surface area contributed by atoms with Crippen LogP contribution in [0.3, 0.4) is 0 Å². The number of hydrogen-bond donors (Lipinski definition) is 2. The Bertz CT molecular complexity index is 777. The number of aromatic hydroxyl groups is 1. The molecule has 5 heteroatoms. The Balaban J connectivity index is 2.27. The number of para-hydroxylation sites is 1. The molecule has 2 heterocycles. The number of rotatable bonds is 2. The molecule has 0 spiro atoms. The van der Waals surface area contributed by atoms with Crippen LogP contribution in [0.2, 0.25) is 0 Å². The monoisotopic (exact) mass is 254 g/mol. The number of phenols is 1. The first-order chi connectivity index (χ1) is 9.16. The smallest absolute Gasteiger partial charge is 0.337 e. The average Bonchev–Trinajstić information content (AvgIpc) is 2.82. The lowest BCUT2D eigenvalue weighted by Crippen LogP contribution is -1.99. The van der Waals surface area contributed by atoms with Crippen molar-refractivity contribution in [2.75, 3.05) is 0 Å². The van der Waals surface area contributed by atoms with Gasteiger partial charge in [-0.2, -0.15) is 0 Å². The van der Waals surface area contributed by atoms with E-state index in [9.17, 15) is 9.90 Å². The van der Waals surface area contributed by atoms with E-state index >= 15 is 0 Å². The lowest BCUT2D eigenvalue weighted by molar-refractivity contribution is 0.0696. The summed E-state index contributed by atoms with van der Waals surface area (Å²) in [4.78, 5) is 15.2.